The zero-order chi connectivity index (χ0) is 12.1. The SMILES string of the molecule is CC(C)NC(=O)CS(=O)(=O)C(C)CCN. The third kappa shape index (κ3) is 5.74. The number of sulfone groups is 1. The monoisotopic (exact) mass is 236 g/mol. The van der Waals surface area contributed by atoms with Crippen LogP contribution in [0.5, 0.6) is 0 Å². The molecule has 0 radical (unpaired) electrons. The summed E-state index contributed by atoms with van der Waals surface area (Å²) in [5.74, 6) is -0.902. The summed E-state index contributed by atoms with van der Waals surface area (Å²) in [5.41, 5.74) is 5.27. The van der Waals surface area contributed by atoms with Gasteiger partial charge in [-0.3, -0.25) is 4.79 Å². The summed E-state index contributed by atoms with van der Waals surface area (Å²) >= 11 is 0. The van der Waals surface area contributed by atoms with Crippen molar-refractivity contribution >= 4 is 15.7 Å². The van der Waals surface area contributed by atoms with Gasteiger partial charge in [-0.1, -0.05) is 0 Å². The Bertz CT molecular complexity index is 298. The number of amides is 1. The van der Waals surface area contributed by atoms with Crippen LogP contribution >= 0.6 is 0 Å². The minimum Gasteiger partial charge on any atom is -0.353 e. The average molecular weight is 236 g/mol. The van der Waals surface area contributed by atoms with Crippen LogP contribution in [0.25, 0.3) is 0 Å². The molecule has 90 valence electrons. The number of carbonyl (C=O) groups excluding carboxylic acids is 1. The van der Waals surface area contributed by atoms with Gasteiger partial charge in [0, 0.05) is 6.04 Å². The molecule has 0 fully saturated rings. The Balaban J connectivity index is 4.32. The van der Waals surface area contributed by atoms with Crippen molar-refractivity contribution in [1.29, 1.82) is 0 Å². The molecule has 15 heavy (non-hydrogen) atoms. The first-order chi connectivity index (χ1) is 6.79. The van der Waals surface area contributed by atoms with Gasteiger partial charge in [-0.05, 0) is 33.7 Å². The van der Waals surface area contributed by atoms with E-state index in [-0.39, 0.29) is 6.04 Å². The first-order valence-corrected chi connectivity index (χ1v) is 6.72. The molecule has 0 aromatic carbocycles. The molecule has 0 saturated heterocycles. The topological polar surface area (TPSA) is 89.3 Å². The molecule has 1 unspecified atom stereocenters. The van der Waals surface area contributed by atoms with E-state index in [9.17, 15) is 13.2 Å². The van der Waals surface area contributed by atoms with E-state index in [1.54, 1.807) is 20.8 Å². The summed E-state index contributed by atoms with van der Waals surface area (Å²) in [5, 5.41) is 1.99. The second-order valence-corrected chi connectivity index (χ2v) is 6.34. The molecule has 0 aromatic heterocycles. The minimum absolute atomic E-state index is 0.0440. The fraction of sp³-hybridized carbons (Fsp3) is 0.889. The molecule has 0 bridgehead atoms. The van der Waals surface area contributed by atoms with Gasteiger partial charge >= 0.3 is 0 Å². The molecule has 1 amide bonds. The fourth-order valence-corrected chi connectivity index (χ4v) is 2.33. The number of nitrogens with two attached hydrogens (primary N) is 1. The smallest absolute Gasteiger partial charge is 0.235 e. The third-order valence-electron chi connectivity index (χ3n) is 1.97. The first-order valence-electron chi connectivity index (χ1n) is 5.00. The van der Waals surface area contributed by atoms with Gasteiger partial charge in [0.1, 0.15) is 5.75 Å². The molecule has 0 rings (SSSR count). The van der Waals surface area contributed by atoms with Crippen molar-refractivity contribution in [2.75, 3.05) is 12.3 Å². The average Bonchev–Trinajstić information content (AvgIpc) is 2.01. The molecule has 5 nitrogen and oxygen atoms in total. The molecule has 1 atom stereocenters. The van der Waals surface area contributed by atoms with Crippen LogP contribution in [-0.2, 0) is 14.6 Å². The van der Waals surface area contributed by atoms with E-state index in [2.05, 4.69) is 5.32 Å². The van der Waals surface area contributed by atoms with Crippen molar-refractivity contribution < 1.29 is 13.2 Å². The summed E-state index contributed by atoms with van der Waals surface area (Å²) in [6.07, 6.45) is 0.386. The zero-order valence-electron chi connectivity index (χ0n) is 9.49. The highest BCUT2D eigenvalue weighted by molar-refractivity contribution is 7.92. The minimum atomic E-state index is -3.36. The van der Waals surface area contributed by atoms with Gasteiger partial charge in [-0.2, -0.15) is 0 Å². The summed E-state index contributed by atoms with van der Waals surface area (Å²) in [7, 11) is -3.36. The van der Waals surface area contributed by atoms with E-state index in [1.807, 2.05) is 0 Å². The van der Waals surface area contributed by atoms with E-state index >= 15 is 0 Å². The number of rotatable bonds is 6. The second-order valence-electron chi connectivity index (χ2n) is 3.92. The molecule has 0 heterocycles. The van der Waals surface area contributed by atoms with Crippen LogP contribution < -0.4 is 11.1 Å². The molecule has 6 heteroatoms. The van der Waals surface area contributed by atoms with E-state index in [0.717, 1.165) is 0 Å². The lowest BCUT2D eigenvalue weighted by Crippen LogP contribution is -2.37. The van der Waals surface area contributed by atoms with Crippen molar-refractivity contribution in [3.63, 3.8) is 0 Å². The molecular formula is C9H20N2O3S. The van der Waals surface area contributed by atoms with Crippen LogP contribution in [0.4, 0.5) is 0 Å². The Morgan fingerprint density at radius 2 is 1.87 bits per heavy atom. The van der Waals surface area contributed by atoms with Gasteiger partial charge in [0.2, 0.25) is 5.91 Å². The Morgan fingerprint density at radius 1 is 1.33 bits per heavy atom. The first kappa shape index (κ1) is 14.4. The Hall–Kier alpha value is -0.620. The standard InChI is InChI=1S/C9H20N2O3S/c1-7(2)11-9(12)6-15(13,14)8(3)4-5-10/h7-8H,4-6,10H2,1-3H3,(H,11,12). The van der Waals surface area contributed by atoms with Gasteiger partial charge in [-0.15, -0.1) is 0 Å². The number of nitrogens with one attached hydrogen (secondary N) is 1. The van der Waals surface area contributed by atoms with Gasteiger partial charge in [0.15, 0.2) is 9.84 Å². The highest BCUT2D eigenvalue weighted by Gasteiger charge is 2.23. The fourth-order valence-electron chi connectivity index (χ4n) is 1.10. The van der Waals surface area contributed by atoms with E-state index < -0.39 is 26.7 Å². The van der Waals surface area contributed by atoms with E-state index in [0.29, 0.717) is 13.0 Å². The Morgan fingerprint density at radius 3 is 2.27 bits per heavy atom. The molecular weight excluding hydrogens is 216 g/mol. The quantitative estimate of drug-likeness (QED) is 0.660. The summed E-state index contributed by atoms with van der Waals surface area (Å²) in [6, 6.07) is -0.0440. The molecule has 0 saturated carbocycles. The van der Waals surface area contributed by atoms with Crippen LogP contribution in [0.3, 0.4) is 0 Å². The van der Waals surface area contributed by atoms with Crippen LogP contribution in [0.1, 0.15) is 27.2 Å². The number of hydrogen-bond acceptors (Lipinski definition) is 4. The molecule has 0 aliphatic heterocycles. The normalized spacial score (nSPS) is 13.9. The second kappa shape index (κ2) is 6.07. The highest BCUT2D eigenvalue weighted by Crippen LogP contribution is 2.05. The maximum absolute atomic E-state index is 11.6. The lowest BCUT2D eigenvalue weighted by molar-refractivity contribution is -0.119. The maximum atomic E-state index is 11.6. The maximum Gasteiger partial charge on any atom is 0.235 e. The van der Waals surface area contributed by atoms with Crippen molar-refractivity contribution in [3.05, 3.63) is 0 Å². The highest BCUT2D eigenvalue weighted by atomic mass is 32.2. The summed E-state index contributed by atoms with van der Waals surface area (Å²) in [4.78, 5) is 11.3. The molecule has 0 aliphatic carbocycles. The lowest BCUT2D eigenvalue weighted by Gasteiger charge is -2.13. The molecule has 0 spiro atoms. The summed E-state index contributed by atoms with van der Waals surface area (Å²) < 4.78 is 23.2. The number of hydrogen-bond donors (Lipinski definition) is 2. The van der Waals surface area contributed by atoms with E-state index in [1.165, 1.54) is 0 Å². The van der Waals surface area contributed by atoms with Gasteiger partial charge < -0.3 is 11.1 Å². The largest absolute Gasteiger partial charge is 0.353 e. The Labute approximate surface area is 91.3 Å². The van der Waals surface area contributed by atoms with Crippen LogP contribution in [-0.4, -0.2) is 37.9 Å². The van der Waals surface area contributed by atoms with Crippen LogP contribution in [0, 0.1) is 0 Å². The molecule has 0 aliphatic rings. The van der Waals surface area contributed by atoms with Gasteiger partial charge in [0.05, 0.1) is 5.25 Å². The predicted octanol–water partition coefficient (Wildman–Crippen LogP) is -0.337. The van der Waals surface area contributed by atoms with Crippen molar-refractivity contribution in [2.24, 2.45) is 5.73 Å². The van der Waals surface area contributed by atoms with Crippen molar-refractivity contribution in [2.45, 2.75) is 38.5 Å². The Kier molecular flexibility index (Phi) is 5.82. The number of carbonyl (C=O) groups is 1. The zero-order valence-corrected chi connectivity index (χ0v) is 10.3. The van der Waals surface area contributed by atoms with Gasteiger partial charge in [0.25, 0.3) is 0 Å². The third-order valence-corrected chi connectivity index (χ3v) is 4.09. The predicted molar refractivity (Wildman–Crippen MR) is 60.2 cm³/mol. The van der Waals surface area contributed by atoms with Crippen LogP contribution in [0.15, 0.2) is 0 Å². The summed E-state index contributed by atoms with van der Waals surface area (Å²) in [6.45, 7) is 5.46. The van der Waals surface area contributed by atoms with Crippen LogP contribution in [0.2, 0.25) is 0 Å². The van der Waals surface area contributed by atoms with E-state index in [4.69, 9.17) is 5.73 Å². The van der Waals surface area contributed by atoms with Gasteiger partial charge in [-0.25, -0.2) is 8.42 Å². The lowest BCUT2D eigenvalue weighted by atomic mass is 10.3. The van der Waals surface area contributed by atoms with Crippen molar-refractivity contribution in [3.8, 4) is 0 Å². The van der Waals surface area contributed by atoms with Crippen molar-refractivity contribution in [1.82, 2.24) is 5.32 Å². The molecule has 3 N–H and O–H groups in total. The molecule has 0 aromatic rings.